The van der Waals surface area contributed by atoms with Crippen molar-refractivity contribution < 1.29 is 14.6 Å². The molecule has 2 atom stereocenters. The van der Waals surface area contributed by atoms with E-state index in [4.69, 9.17) is 16.3 Å². The lowest BCUT2D eigenvalue weighted by molar-refractivity contribution is -0.137. The van der Waals surface area contributed by atoms with Gasteiger partial charge >= 0.3 is 5.97 Å². The number of carboxylic acids is 1. The average molecular weight is 305 g/mol. The highest BCUT2D eigenvalue weighted by Gasteiger charge is 2.27. The Morgan fingerprint density at radius 3 is 2.29 bits per heavy atom. The molecule has 0 fully saturated rings. The van der Waals surface area contributed by atoms with Gasteiger partial charge in [0.2, 0.25) is 0 Å². The Kier molecular flexibility index (Phi) is 5.23. The summed E-state index contributed by atoms with van der Waals surface area (Å²) in [6.45, 7) is 0. The predicted octanol–water partition coefficient (Wildman–Crippen LogP) is 3.71. The molecule has 21 heavy (non-hydrogen) atoms. The van der Waals surface area contributed by atoms with Crippen LogP contribution in [0.25, 0.3) is 0 Å². The van der Waals surface area contributed by atoms with Gasteiger partial charge in [-0.15, -0.1) is 11.6 Å². The molecule has 0 aliphatic rings. The molecule has 0 saturated heterocycles. The van der Waals surface area contributed by atoms with Crippen LogP contribution in [0.4, 0.5) is 0 Å². The topological polar surface area (TPSA) is 46.5 Å². The van der Waals surface area contributed by atoms with Gasteiger partial charge < -0.3 is 9.84 Å². The smallest absolute Gasteiger partial charge is 0.322 e. The Bertz CT molecular complexity index is 581. The SMILES string of the molecule is COc1ccc(C(Cc2ccccc2)C(Cl)C(=O)O)cc1. The number of halogens is 1. The van der Waals surface area contributed by atoms with E-state index in [-0.39, 0.29) is 5.92 Å². The van der Waals surface area contributed by atoms with Crippen LogP contribution >= 0.6 is 11.6 Å². The van der Waals surface area contributed by atoms with Gasteiger partial charge in [0.15, 0.2) is 0 Å². The lowest BCUT2D eigenvalue weighted by atomic mass is 9.89. The molecule has 0 bridgehead atoms. The summed E-state index contributed by atoms with van der Waals surface area (Å²) in [4.78, 5) is 11.3. The fraction of sp³-hybridized carbons (Fsp3) is 0.235. The molecule has 0 saturated carbocycles. The number of rotatable bonds is 6. The van der Waals surface area contributed by atoms with Crippen LogP contribution in [0, 0.1) is 0 Å². The largest absolute Gasteiger partial charge is 0.497 e. The number of benzene rings is 2. The fourth-order valence-corrected chi connectivity index (χ4v) is 2.52. The van der Waals surface area contributed by atoms with Gasteiger partial charge in [-0.1, -0.05) is 42.5 Å². The maximum absolute atomic E-state index is 11.3. The van der Waals surface area contributed by atoms with Gasteiger partial charge in [0.1, 0.15) is 11.1 Å². The zero-order valence-corrected chi connectivity index (χ0v) is 12.5. The maximum Gasteiger partial charge on any atom is 0.322 e. The van der Waals surface area contributed by atoms with Crippen molar-refractivity contribution in [2.45, 2.75) is 17.7 Å². The van der Waals surface area contributed by atoms with Crippen LogP contribution in [-0.4, -0.2) is 23.6 Å². The molecular weight excluding hydrogens is 288 g/mol. The van der Waals surface area contributed by atoms with E-state index in [1.54, 1.807) is 7.11 Å². The first-order valence-corrected chi connectivity index (χ1v) is 7.10. The van der Waals surface area contributed by atoms with Gasteiger partial charge in [0.25, 0.3) is 0 Å². The number of methoxy groups -OCH3 is 1. The number of alkyl halides is 1. The summed E-state index contributed by atoms with van der Waals surface area (Å²) in [7, 11) is 1.60. The van der Waals surface area contributed by atoms with E-state index in [1.807, 2.05) is 54.6 Å². The van der Waals surface area contributed by atoms with Crippen LogP contribution in [0.15, 0.2) is 54.6 Å². The van der Waals surface area contributed by atoms with Crippen molar-refractivity contribution in [3.63, 3.8) is 0 Å². The highest BCUT2D eigenvalue weighted by atomic mass is 35.5. The molecule has 0 aromatic heterocycles. The molecule has 0 heterocycles. The Hall–Kier alpha value is -2.00. The number of carbonyl (C=O) groups is 1. The minimum atomic E-state index is -1.01. The molecule has 0 amide bonds. The van der Waals surface area contributed by atoms with E-state index in [9.17, 15) is 9.90 Å². The summed E-state index contributed by atoms with van der Waals surface area (Å²) >= 11 is 6.11. The van der Waals surface area contributed by atoms with E-state index in [0.717, 1.165) is 16.9 Å². The van der Waals surface area contributed by atoms with Gasteiger partial charge in [-0.3, -0.25) is 4.79 Å². The minimum Gasteiger partial charge on any atom is -0.497 e. The minimum absolute atomic E-state index is 0.294. The van der Waals surface area contributed by atoms with Crippen molar-refractivity contribution in [1.82, 2.24) is 0 Å². The summed E-state index contributed by atoms with van der Waals surface area (Å²) in [5.74, 6) is -0.565. The first-order valence-electron chi connectivity index (χ1n) is 6.66. The van der Waals surface area contributed by atoms with Crippen LogP contribution in [0.5, 0.6) is 5.75 Å². The Balaban J connectivity index is 2.28. The highest BCUT2D eigenvalue weighted by Crippen LogP contribution is 2.29. The first-order chi connectivity index (χ1) is 10.1. The molecule has 1 N–H and O–H groups in total. The summed E-state index contributed by atoms with van der Waals surface area (Å²) in [5, 5.41) is 8.26. The molecule has 2 aromatic carbocycles. The molecule has 2 aromatic rings. The van der Waals surface area contributed by atoms with Crippen molar-refractivity contribution in [3.8, 4) is 5.75 Å². The van der Waals surface area contributed by atoms with Crippen molar-refractivity contribution >= 4 is 17.6 Å². The molecule has 0 radical (unpaired) electrons. The van der Waals surface area contributed by atoms with E-state index in [2.05, 4.69) is 0 Å². The van der Waals surface area contributed by atoms with Crippen LogP contribution in [0.3, 0.4) is 0 Å². The van der Waals surface area contributed by atoms with E-state index in [0.29, 0.717) is 6.42 Å². The highest BCUT2D eigenvalue weighted by molar-refractivity contribution is 6.30. The summed E-state index contributed by atoms with van der Waals surface area (Å²) < 4.78 is 5.13. The van der Waals surface area contributed by atoms with E-state index < -0.39 is 11.3 Å². The zero-order chi connectivity index (χ0) is 15.2. The standard InChI is InChI=1S/C17H17ClO3/c1-21-14-9-7-13(8-10-14)15(16(18)17(19)20)11-12-5-3-2-4-6-12/h2-10,15-16H,11H2,1H3,(H,19,20). The summed E-state index contributed by atoms with van der Waals surface area (Å²) in [6.07, 6.45) is 0.577. The Morgan fingerprint density at radius 1 is 1.14 bits per heavy atom. The van der Waals surface area contributed by atoms with Crippen molar-refractivity contribution in [2.24, 2.45) is 0 Å². The molecule has 2 unspecified atom stereocenters. The molecular formula is C17H17ClO3. The molecule has 0 aliphatic heterocycles. The van der Waals surface area contributed by atoms with Gasteiger partial charge in [-0.25, -0.2) is 0 Å². The predicted molar refractivity (Wildman–Crippen MR) is 83.2 cm³/mol. The quantitative estimate of drug-likeness (QED) is 0.828. The third kappa shape index (κ3) is 3.99. The van der Waals surface area contributed by atoms with Gasteiger partial charge in [-0.2, -0.15) is 0 Å². The van der Waals surface area contributed by atoms with Crippen LogP contribution < -0.4 is 4.74 Å². The van der Waals surface area contributed by atoms with Gasteiger partial charge in [0, 0.05) is 5.92 Å². The van der Waals surface area contributed by atoms with Gasteiger partial charge in [-0.05, 0) is 29.7 Å². The number of ether oxygens (including phenoxy) is 1. The number of hydrogen-bond acceptors (Lipinski definition) is 2. The fourth-order valence-electron chi connectivity index (χ4n) is 2.28. The zero-order valence-electron chi connectivity index (χ0n) is 11.7. The lowest BCUT2D eigenvalue weighted by Gasteiger charge is -2.20. The average Bonchev–Trinajstić information content (AvgIpc) is 2.53. The van der Waals surface area contributed by atoms with Crippen LogP contribution in [-0.2, 0) is 11.2 Å². The van der Waals surface area contributed by atoms with Crippen molar-refractivity contribution in [1.29, 1.82) is 0 Å². The molecule has 110 valence electrons. The van der Waals surface area contributed by atoms with Crippen molar-refractivity contribution in [3.05, 3.63) is 65.7 Å². The molecule has 2 rings (SSSR count). The number of hydrogen-bond donors (Lipinski definition) is 1. The number of aliphatic carboxylic acids is 1. The van der Waals surface area contributed by atoms with Gasteiger partial charge in [0.05, 0.1) is 7.11 Å². The molecule has 0 spiro atoms. The summed E-state index contributed by atoms with van der Waals surface area (Å²) in [5.41, 5.74) is 1.95. The molecule has 3 nitrogen and oxygen atoms in total. The molecule has 4 heteroatoms. The lowest BCUT2D eigenvalue weighted by Crippen LogP contribution is -2.24. The normalized spacial score (nSPS) is 13.4. The Labute approximate surface area is 129 Å². The third-order valence-corrected chi connectivity index (χ3v) is 3.92. The van der Waals surface area contributed by atoms with Crippen molar-refractivity contribution in [2.75, 3.05) is 7.11 Å². The second-order valence-electron chi connectivity index (χ2n) is 4.81. The first kappa shape index (κ1) is 15.4. The maximum atomic E-state index is 11.3. The number of carboxylic acid groups (broad SMARTS) is 1. The Morgan fingerprint density at radius 2 is 1.76 bits per heavy atom. The van der Waals surface area contributed by atoms with Crippen LogP contribution in [0.1, 0.15) is 17.0 Å². The molecule has 0 aliphatic carbocycles. The van der Waals surface area contributed by atoms with E-state index >= 15 is 0 Å². The second kappa shape index (κ2) is 7.14. The monoisotopic (exact) mass is 304 g/mol. The van der Waals surface area contributed by atoms with Crippen LogP contribution in [0.2, 0.25) is 0 Å². The van der Waals surface area contributed by atoms with E-state index in [1.165, 1.54) is 0 Å². The third-order valence-electron chi connectivity index (χ3n) is 3.43. The second-order valence-corrected chi connectivity index (χ2v) is 5.28. The summed E-state index contributed by atoms with van der Waals surface area (Å²) in [6, 6.07) is 17.1.